The van der Waals surface area contributed by atoms with E-state index in [1.807, 2.05) is 0 Å². The highest BCUT2D eigenvalue weighted by molar-refractivity contribution is 6.37. The van der Waals surface area contributed by atoms with Crippen LogP contribution >= 0.6 is 46.4 Å². The van der Waals surface area contributed by atoms with Gasteiger partial charge in [0, 0.05) is 26.7 Å². The minimum Gasteiger partial charge on any atom is -0.371 e. The first-order valence-corrected chi connectivity index (χ1v) is 12.9. The maximum absolute atomic E-state index is 14.1. The first-order chi connectivity index (χ1) is 17.6. The Hall–Kier alpha value is -2.39. The molecular weight excluding hydrogens is 563 g/mol. The highest BCUT2D eigenvalue weighted by Gasteiger charge is 2.70. The summed E-state index contributed by atoms with van der Waals surface area (Å²) in [7, 11) is 0. The van der Waals surface area contributed by atoms with E-state index in [0.29, 0.717) is 22.7 Å². The Morgan fingerprint density at radius 3 is 2.24 bits per heavy atom. The van der Waals surface area contributed by atoms with Gasteiger partial charge in [-0.25, -0.2) is 9.29 Å². The van der Waals surface area contributed by atoms with Gasteiger partial charge in [-0.15, -0.1) is 0 Å². The average molecular weight is 581 g/mol. The molecule has 190 valence electrons. The second-order valence-corrected chi connectivity index (χ2v) is 11.2. The quantitative estimate of drug-likeness (QED) is 0.361. The van der Waals surface area contributed by atoms with Crippen LogP contribution in [0.1, 0.15) is 11.1 Å². The van der Waals surface area contributed by atoms with E-state index in [1.54, 1.807) is 18.2 Å². The zero-order chi connectivity index (χ0) is 26.2. The lowest BCUT2D eigenvalue weighted by Gasteiger charge is -2.34. The largest absolute Gasteiger partial charge is 0.371 e. The van der Waals surface area contributed by atoms with Gasteiger partial charge >= 0.3 is 0 Å². The van der Waals surface area contributed by atoms with Crippen molar-refractivity contribution in [3.8, 4) is 0 Å². The number of anilines is 2. The van der Waals surface area contributed by atoms with E-state index in [0.717, 1.165) is 10.5 Å². The van der Waals surface area contributed by atoms with Gasteiger partial charge in [0.05, 0.1) is 28.2 Å². The SMILES string of the molecule is O=C1C2C(Cc3ccc(F)cc3)NC3(c4cc(Cl)cc(Cl)c4NC3O)C2C(=O)N1c1cc(Cl)cc(Cl)c1. The number of amides is 2. The monoisotopic (exact) mass is 579 g/mol. The third-order valence-corrected chi connectivity index (χ3v) is 8.34. The van der Waals surface area contributed by atoms with Crippen LogP contribution in [0.4, 0.5) is 15.8 Å². The molecule has 0 aliphatic carbocycles. The van der Waals surface area contributed by atoms with Crippen LogP contribution < -0.4 is 15.5 Å². The molecule has 6 rings (SSSR count). The van der Waals surface area contributed by atoms with E-state index in [1.165, 1.54) is 36.4 Å². The van der Waals surface area contributed by atoms with Crippen molar-refractivity contribution >= 4 is 69.6 Å². The summed E-state index contributed by atoms with van der Waals surface area (Å²) in [6.07, 6.45) is -1.01. The normalized spacial score (nSPS) is 28.1. The molecule has 5 atom stereocenters. The number of hydrogen-bond donors (Lipinski definition) is 3. The van der Waals surface area contributed by atoms with Gasteiger partial charge in [0.2, 0.25) is 11.8 Å². The summed E-state index contributed by atoms with van der Waals surface area (Å²) in [5.41, 5.74) is 0.493. The summed E-state index contributed by atoms with van der Waals surface area (Å²) in [4.78, 5) is 29.1. The van der Waals surface area contributed by atoms with E-state index >= 15 is 0 Å². The lowest BCUT2D eigenvalue weighted by molar-refractivity contribution is -0.124. The Bertz CT molecular complexity index is 1450. The van der Waals surface area contributed by atoms with E-state index in [-0.39, 0.29) is 26.6 Å². The Morgan fingerprint density at radius 2 is 1.57 bits per heavy atom. The van der Waals surface area contributed by atoms with Gasteiger partial charge in [0.25, 0.3) is 0 Å². The lowest BCUT2D eigenvalue weighted by atomic mass is 9.75. The van der Waals surface area contributed by atoms with Crippen LogP contribution in [-0.2, 0) is 21.5 Å². The second kappa shape index (κ2) is 8.83. The van der Waals surface area contributed by atoms with Gasteiger partial charge in [-0.1, -0.05) is 58.5 Å². The van der Waals surface area contributed by atoms with E-state index in [4.69, 9.17) is 46.4 Å². The van der Waals surface area contributed by atoms with Crippen molar-refractivity contribution in [2.45, 2.75) is 24.2 Å². The Morgan fingerprint density at radius 1 is 0.919 bits per heavy atom. The van der Waals surface area contributed by atoms with Gasteiger partial charge in [-0.05, 0) is 54.4 Å². The summed E-state index contributed by atoms with van der Waals surface area (Å²) >= 11 is 25.1. The Kier molecular flexibility index (Phi) is 5.95. The molecule has 0 aromatic heterocycles. The minimum atomic E-state index is -1.41. The summed E-state index contributed by atoms with van der Waals surface area (Å²) < 4.78 is 13.6. The van der Waals surface area contributed by atoms with Crippen molar-refractivity contribution in [1.29, 1.82) is 0 Å². The predicted octanol–water partition coefficient (Wildman–Crippen LogP) is 5.40. The summed E-state index contributed by atoms with van der Waals surface area (Å²) in [6.45, 7) is 0. The number of benzene rings is 3. The number of halogens is 5. The number of aliphatic hydroxyl groups excluding tert-OH is 1. The van der Waals surface area contributed by atoms with Gasteiger partial charge in [0.1, 0.15) is 17.6 Å². The fraction of sp³-hybridized carbons (Fsp3) is 0.231. The molecule has 3 aliphatic rings. The van der Waals surface area contributed by atoms with Gasteiger partial charge in [0.15, 0.2) is 0 Å². The van der Waals surface area contributed by atoms with Crippen molar-refractivity contribution in [1.82, 2.24) is 5.32 Å². The standard InChI is InChI=1S/C26H18Cl4FN3O3/c27-12-6-13(28)8-16(7-12)34-23(35)20-19(5-11-1-3-15(31)4-2-11)33-26(21(20)24(34)36)17-9-14(29)10-18(30)22(17)32-25(26)37/h1-4,6-10,19-21,25,32-33,37H,5H2. The lowest BCUT2D eigenvalue weighted by Crippen LogP contribution is -2.55. The zero-order valence-electron chi connectivity index (χ0n) is 18.8. The van der Waals surface area contributed by atoms with E-state index in [2.05, 4.69) is 10.6 Å². The van der Waals surface area contributed by atoms with Crippen LogP contribution in [-0.4, -0.2) is 29.2 Å². The van der Waals surface area contributed by atoms with Crippen LogP contribution in [0.25, 0.3) is 0 Å². The molecule has 2 saturated heterocycles. The fourth-order valence-electron chi connectivity index (χ4n) is 5.98. The molecule has 5 unspecified atom stereocenters. The summed E-state index contributed by atoms with van der Waals surface area (Å²) in [6, 6.07) is 13.0. The van der Waals surface area contributed by atoms with E-state index < -0.39 is 41.5 Å². The van der Waals surface area contributed by atoms with Gasteiger partial charge in [-0.2, -0.15) is 0 Å². The number of nitrogens with zero attached hydrogens (tertiary/aromatic N) is 1. The number of carbonyl (C=O) groups excluding carboxylic acids is 2. The topological polar surface area (TPSA) is 81.7 Å². The minimum absolute atomic E-state index is 0.238. The fourth-order valence-corrected chi connectivity index (χ4v) is 7.04. The molecule has 3 heterocycles. The van der Waals surface area contributed by atoms with Crippen LogP contribution in [0.5, 0.6) is 0 Å². The molecule has 0 saturated carbocycles. The Balaban J connectivity index is 1.52. The zero-order valence-corrected chi connectivity index (χ0v) is 21.8. The third-order valence-electron chi connectivity index (χ3n) is 7.39. The van der Waals surface area contributed by atoms with Crippen LogP contribution in [0, 0.1) is 17.7 Å². The highest BCUT2D eigenvalue weighted by atomic mass is 35.5. The maximum atomic E-state index is 14.1. The van der Waals surface area contributed by atoms with Crippen molar-refractivity contribution in [3.05, 3.63) is 91.6 Å². The molecule has 3 aromatic rings. The number of nitrogens with one attached hydrogen (secondary N) is 2. The molecule has 0 radical (unpaired) electrons. The molecule has 3 aromatic carbocycles. The number of imide groups is 1. The van der Waals surface area contributed by atoms with Crippen LogP contribution in [0.15, 0.2) is 54.6 Å². The second-order valence-electron chi connectivity index (χ2n) is 9.45. The number of carbonyl (C=O) groups is 2. The molecule has 3 N–H and O–H groups in total. The van der Waals surface area contributed by atoms with Crippen molar-refractivity contribution in [2.24, 2.45) is 11.8 Å². The van der Waals surface area contributed by atoms with Crippen molar-refractivity contribution in [3.63, 3.8) is 0 Å². The molecule has 2 fully saturated rings. The van der Waals surface area contributed by atoms with Gasteiger partial charge < -0.3 is 10.4 Å². The maximum Gasteiger partial charge on any atom is 0.240 e. The summed E-state index contributed by atoms with van der Waals surface area (Å²) in [5.74, 6) is -3.25. The smallest absolute Gasteiger partial charge is 0.240 e. The number of fused-ring (bicyclic) bond motifs is 4. The predicted molar refractivity (Wildman–Crippen MR) is 141 cm³/mol. The molecule has 3 aliphatic heterocycles. The summed E-state index contributed by atoms with van der Waals surface area (Å²) in [5, 5.41) is 18.9. The van der Waals surface area contributed by atoms with E-state index in [9.17, 15) is 19.1 Å². The number of aliphatic hydroxyl groups is 1. The van der Waals surface area contributed by atoms with Crippen LogP contribution in [0.3, 0.4) is 0 Å². The van der Waals surface area contributed by atoms with Crippen LogP contribution in [0.2, 0.25) is 20.1 Å². The Labute approximate surface area is 231 Å². The van der Waals surface area contributed by atoms with Crippen molar-refractivity contribution in [2.75, 3.05) is 10.2 Å². The number of rotatable bonds is 3. The first kappa shape index (κ1) is 24.9. The molecule has 6 nitrogen and oxygen atoms in total. The molecular formula is C26H18Cl4FN3O3. The average Bonchev–Trinajstić information content (AvgIpc) is 3.40. The number of hydrogen-bond acceptors (Lipinski definition) is 5. The first-order valence-electron chi connectivity index (χ1n) is 11.4. The molecule has 2 amide bonds. The molecule has 1 spiro atoms. The highest BCUT2D eigenvalue weighted by Crippen LogP contribution is 2.57. The third kappa shape index (κ3) is 3.75. The molecule has 11 heteroatoms. The van der Waals surface area contributed by atoms with Crippen molar-refractivity contribution < 1.29 is 19.1 Å². The van der Waals surface area contributed by atoms with Gasteiger partial charge in [-0.3, -0.25) is 14.9 Å². The molecule has 0 bridgehead atoms. The molecule has 37 heavy (non-hydrogen) atoms.